The molecule has 0 amide bonds. The quantitative estimate of drug-likeness (QED) is 0.810. The molecule has 0 spiro atoms. The van der Waals surface area contributed by atoms with Gasteiger partial charge in [0.05, 0.1) is 11.5 Å². The summed E-state index contributed by atoms with van der Waals surface area (Å²) in [5.41, 5.74) is 0.502. The molecule has 1 aliphatic rings. The van der Waals surface area contributed by atoms with Crippen molar-refractivity contribution >= 4 is 5.97 Å². The lowest BCUT2D eigenvalue weighted by atomic mass is 9.86. The molecule has 1 aromatic heterocycles. The summed E-state index contributed by atoms with van der Waals surface area (Å²) in [5, 5.41) is 3.72. The number of hydrogen-bond acceptors (Lipinski definition) is 4. The molecule has 1 saturated carbocycles. The topological polar surface area (TPSA) is 52.3 Å². The molecule has 0 unspecified atom stereocenters. The van der Waals surface area contributed by atoms with E-state index in [1.54, 1.807) is 0 Å². The largest absolute Gasteiger partial charge is 0.459 e. The molecule has 0 atom stereocenters. The van der Waals surface area contributed by atoms with E-state index < -0.39 is 11.6 Å². The summed E-state index contributed by atoms with van der Waals surface area (Å²) in [7, 11) is 0. The fourth-order valence-electron chi connectivity index (χ4n) is 2.10. The number of ether oxygens (including phenoxy) is 1. The van der Waals surface area contributed by atoms with E-state index in [1.165, 1.54) is 12.1 Å². The van der Waals surface area contributed by atoms with Crippen molar-refractivity contribution in [1.29, 1.82) is 0 Å². The van der Waals surface area contributed by atoms with Crippen LogP contribution in [0.4, 0.5) is 8.78 Å². The smallest absolute Gasteiger partial charge is 0.309 e. The first-order chi connectivity index (χ1) is 10.1. The van der Waals surface area contributed by atoms with E-state index in [0.717, 1.165) is 31.4 Å². The Labute approximate surface area is 119 Å². The van der Waals surface area contributed by atoms with Crippen molar-refractivity contribution in [3.63, 3.8) is 0 Å². The minimum Gasteiger partial charge on any atom is -0.459 e. The molecule has 6 heteroatoms. The standard InChI is InChI=1S/C15H13F2NO3/c16-10-4-5-12(13(17)6-10)14-7-11(18-21-14)8-20-15(19)9-2-1-3-9/h4-7,9H,1-3,8H2. The van der Waals surface area contributed by atoms with Gasteiger partial charge in [0.15, 0.2) is 5.76 Å². The highest BCUT2D eigenvalue weighted by atomic mass is 19.1. The van der Waals surface area contributed by atoms with Gasteiger partial charge in [-0.15, -0.1) is 0 Å². The number of benzene rings is 1. The normalized spacial score (nSPS) is 14.8. The summed E-state index contributed by atoms with van der Waals surface area (Å²) in [6.07, 6.45) is 2.78. The average Bonchev–Trinajstić information content (AvgIpc) is 2.83. The summed E-state index contributed by atoms with van der Waals surface area (Å²) >= 11 is 0. The number of halogens is 2. The molecular weight excluding hydrogens is 280 g/mol. The number of esters is 1. The Morgan fingerprint density at radius 2 is 2.14 bits per heavy atom. The summed E-state index contributed by atoms with van der Waals surface area (Å²) in [6.45, 7) is -0.0123. The van der Waals surface area contributed by atoms with E-state index >= 15 is 0 Å². The summed E-state index contributed by atoms with van der Waals surface area (Å²) in [4.78, 5) is 11.6. The molecule has 1 aliphatic carbocycles. The lowest BCUT2D eigenvalue weighted by Crippen LogP contribution is -2.23. The molecule has 0 radical (unpaired) electrons. The second-order valence-electron chi connectivity index (χ2n) is 5.04. The Morgan fingerprint density at radius 1 is 1.33 bits per heavy atom. The van der Waals surface area contributed by atoms with Gasteiger partial charge < -0.3 is 9.26 Å². The molecule has 0 bridgehead atoms. The molecule has 0 saturated heterocycles. The highest BCUT2D eigenvalue weighted by molar-refractivity contribution is 5.73. The van der Waals surface area contributed by atoms with Crippen molar-refractivity contribution < 1.29 is 22.8 Å². The maximum absolute atomic E-state index is 13.6. The van der Waals surface area contributed by atoms with Crippen molar-refractivity contribution in [3.05, 3.63) is 41.6 Å². The lowest BCUT2D eigenvalue weighted by molar-refractivity contribution is -0.152. The third-order valence-corrected chi connectivity index (χ3v) is 3.56. The zero-order chi connectivity index (χ0) is 14.8. The van der Waals surface area contributed by atoms with Gasteiger partial charge in [0.1, 0.15) is 23.9 Å². The van der Waals surface area contributed by atoms with Gasteiger partial charge in [-0.05, 0) is 25.0 Å². The molecular formula is C15H13F2NO3. The van der Waals surface area contributed by atoms with Gasteiger partial charge in [0, 0.05) is 12.1 Å². The van der Waals surface area contributed by atoms with Crippen LogP contribution in [-0.2, 0) is 16.1 Å². The molecule has 4 nitrogen and oxygen atoms in total. The van der Waals surface area contributed by atoms with Gasteiger partial charge >= 0.3 is 5.97 Å². The number of hydrogen-bond donors (Lipinski definition) is 0. The van der Waals surface area contributed by atoms with Crippen LogP contribution in [0.2, 0.25) is 0 Å². The van der Waals surface area contributed by atoms with Crippen molar-refractivity contribution in [2.45, 2.75) is 25.9 Å². The Kier molecular flexibility index (Phi) is 3.68. The number of rotatable bonds is 4. The predicted molar refractivity (Wildman–Crippen MR) is 69.0 cm³/mol. The number of carbonyl (C=O) groups is 1. The predicted octanol–water partition coefficient (Wildman–Crippen LogP) is 3.46. The zero-order valence-electron chi connectivity index (χ0n) is 11.1. The van der Waals surface area contributed by atoms with Gasteiger partial charge in [-0.1, -0.05) is 11.6 Å². The van der Waals surface area contributed by atoms with Gasteiger partial charge in [-0.2, -0.15) is 0 Å². The molecule has 3 rings (SSSR count). The van der Waals surface area contributed by atoms with Gasteiger partial charge in [0.25, 0.3) is 0 Å². The Balaban J connectivity index is 1.66. The monoisotopic (exact) mass is 293 g/mol. The van der Waals surface area contributed by atoms with Crippen molar-refractivity contribution in [3.8, 4) is 11.3 Å². The van der Waals surface area contributed by atoms with Gasteiger partial charge in [-0.3, -0.25) is 4.79 Å². The third-order valence-electron chi connectivity index (χ3n) is 3.56. The average molecular weight is 293 g/mol. The fraction of sp³-hybridized carbons (Fsp3) is 0.333. The van der Waals surface area contributed by atoms with E-state index in [2.05, 4.69) is 5.16 Å². The van der Waals surface area contributed by atoms with Gasteiger partial charge in [0.2, 0.25) is 0 Å². The van der Waals surface area contributed by atoms with Crippen LogP contribution < -0.4 is 0 Å². The van der Waals surface area contributed by atoms with Crippen LogP contribution in [0.1, 0.15) is 25.0 Å². The van der Waals surface area contributed by atoms with Crippen LogP contribution in [0.5, 0.6) is 0 Å². The van der Waals surface area contributed by atoms with Crippen LogP contribution in [0, 0.1) is 17.6 Å². The number of nitrogens with zero attached hydrogens (tertiary/aromatic N) is 1. The highest BCUT2D eigenvalue weighted by Gasteiger charge is 2.26. The van der Waals surface area contributed by atoms with Crippen LogP contribution in [-0.4, -0.2) is 11.1 Å². The second-order valence-corrected chi connectivity index (χ2v) is 5.04. The first-order valence-corrected chi connectivity index (χ1v) is 6.71. The molecule has 0 N–H and O–H groups in total. The molecule has 21 heavy (non-hydrogen) atoms. The third kappa shape index (κ3) is 2.94. The van der Waals surface area contributed by atoms with E-state index in [9.17, 15) is 13.6 Å². The second kappa shape index (κ2) is 5.63. The summed E-state index contributed by atoms with van der Waals surface area (Å²) < 4.78 is 36.6. The van der Waals surface area contributed by atoms with Crippen molar-refractivity contribution in [1.82, 2.24) is 5.16 Å². The number of aromatic nitrogens is 1. The van der Waals surface area contributed by atoms with Gasteiger partial charge in [-0.25, -0.2) is 8.78 Å². The Morgan fingerprint density at radius 3 is 2.81 bits per heavy atom. The first kappa shape index (κ1) is 13.7. The fourth-order valence-corrected chi connectivity index (χ4v) is 2.10. The summed E-state index contributed by atoms with van der Waals surface area (Å²) in [5.74, 6) is -1.47. The minimum absolute atomic E-state index is 0.00841. The Hall–Kier alpha value is -2.24. The molecule has 1 fully saturated rings. The summed E-state index contributed by atoms with van der Waals surface area (Å²) in [6, 6.07) is 4.66. The molecule has 0 aliphatic heterocycles. The minimum atomic E-state index is -0.732. The van der Waals surface area contributed by atoms with E-state index in [1.807, 2.05) is 0 Å². The molecule has 1 heterocycles. The lowest BCUT2D eigenvalue weighted by Gasteiger charge is -2.22. The van der Waals surface area contributed by atoms with Crippen LogP contribution in [0.15, 0.2) is 28.8 Å². The highest BCUT2D eigenvalue weighted by Crippen LogP contribution is 2.28. The van der Waals surface area contributed by atoms with E-state index in [-0.39, 0.29) is 29.8 Å². The molecule has 1 aromatic carbocycles. The molecule has 2 aromatic rings. The maximum Gasteiger partial charge on any atom is 0.309 e. The van der Waals surface area contributed by atoms with Crippen molar-refractivity contribution in [2.75, 3.05) is 0 Å². The SMILES string of the molecule is O=C(OCc1cc(-c2ccc(F)cc2F)on1)C1CCC1. The van der Waals surface area contributed by atoms with Crippen molar-refractivity contribution in [2.24, 2.45) is 5.92 Å². The Bertz CT molecular complexity index is 665. The van der Waals surface area contributed by atoms with Crippen LogP contribution in [0.3, 0.4) is 0 Å². The first-order valence-electron chi connectivity index (χ1n) is 6.71. The zero-order valence-corrected chi connectivity index (χ0v) is 11.1. The van der Waals surface area contributed by atoms with Crippen LogP contribution in [0.25, 0.3) is 11.3 Å². The van der Waals surface area contributed by atoms with E-state index in [4.69, 9.17) is 9.26 Å². The maximum atomic E-state index is 13.6. The van der Waals surface area contributed by atoms with E-state index in [0.29, 0.717) is 5.69 Å². The molecule has 110 valence electrons. The van der Waals surface area contributed by atoms with Crippen LogP contribution >= 0.6 is 0 Å². The number of carbonyl (C=O) groups excluding carboxylic acids is 1.